The molecule has 1 aromatic rings. The lowest BCUT2D eigenvalue weighted by Gasteiger charge is -2.24. The molecule has 0 aliphatic carbocycles. The number of amides is 1. The molecule has 0 aliphatic rings. The lowest BCUT2D eigenvalue weighted by Crippen LogP contribution is -2.46. The normalized spacial score (nSPS) is 11.3. The first-order valence-corrected chi connectivity index (χ1v) is 5.37. The van der Waals surface area contributed by atoms with Crippen molar-refractivity contribution in [3.63, 3.8) is 0 Å². The van der Waals surface area contributed by atoms with Crippen LogP contribution in [0.5, 0.6) is 0 Å². The van der Waals surface area contributed by atoms with Gasteiger partial charge < -0.3 is 10.4 Å². The monoisotopic (exact) mass is 221 g/mol. The third kappa shape index (κ3) is 2.83. The molecule has 1 rings (SSSR count). The topological polar surface area (TPSA) is 49.3 Å². The van der Waals surface area contributed by atoms with Crippen molar-refractivity contribution < 1.29 is 9.90 Å². The van der Waals surface area contributed by atoms with Gasteiger partial charge in [0.25, 0.3) is 5.91 Å². The van der Waals surface area contributed by atoms with Gasteiger partial charge in [0.1, 0.15) is 0 Å². The molecule has 0 atom stereocenters. The average molecular weight is 221 g/mol. The molecule has 16 heavy (non-hydrogen) atoms. The number of aryl methyl sites for hydroxylation is 2. The number of benzene rings is 1. The summed E-state index contributed by atoms with van der Waals surface area (Å²) in [5.74, 6) is -0.130. The number of aliphatic hydroxyl groups excluding tert-OH is 1. The van der Waals surface area contributed by atoms with E-state index in [-0.39, 0.29) is 12.5 Å². The zero-order chi connectivity index (χ0) is 12.3. The fourth-order valence-corrected chi connectivity index (χ4v) is 1.58. The molecule has 0 unspecified atom stereocenters. The van der Waals surface area contributed by atoms with Gasteiger partial charge in [-0.2, -0.15) is 0 Å². The lowest BCUT2D eigenvalue weighted by molar-refractivity contribution is 0.0868. The molecule has 0 heterocycles. The van der Waals surface area contributed by atoms with E-state index >= 15 is 0 Å². The maximum Gasteiger partial charge on any atom is 0.252 e. The summed E-state index contributed by atoms with van der Waals surface area (Å²) in [7, 11) is 0. The molecule has 3 heteroatoms. The van der Waals surface area contributed by atoms with Crippen LogP contribution in [0.1, 0.15) is 35.3 Å². The molecule has 1 aromatic carbocycles. The smallest absolute Gasteiger partial charge is 0.252 e. The van der Waals surface area contributed by atoms with Crippen LogP contribution in [0.2, 0.25) is 0 Å². The molecule has 2 N–H and O–H groups in total. The Morgan fingerprint density at radius 3 is 2.25 bits per heavy atom. The van der Waals surface area contributed by atoms with Crippen LogP contribution >= 0.6 is 0 Å². The second kappa shape index (κ2) is 4.66. The summed E-state index contributed by atoms with van der Waals surface area (Å²) in [5.41, 5.74) is 2.01. The Bertz CT molecular complexity index is 377. The Hall–Kier alpha value is -1.35. The minimum Gasteiger partial charge on any atom is -0.394 e. The number of hydrogen-bond acceptors (Lipinski definition) is 2. The van der Waals surface area contributed by atoms with Crippen LogP contribution < -0.4 is 5.32 Å². The highest BCUT2D eigenvalue weighted by molar-refractivity contribution is 5.97. The molecule has 0 fully saturated rings. The molecule has 88 valence electrons. The highest BCUT2D eigenvalue weighted by atomic mass is 16.3. The van der Waals surface area contributed by atoms with Crippen LogP contribution in [0.15, 0.2) is 18.2 Å². The second-order valence-electron chi connectivity index (χ2n) is 4.76. The first kappa shape index (κ1) is 12.7. The third-order valence-corrected chi connectivity index (χ3v) is 2.56. The summed E-state index contributed by atoms with van der Waals surface area (Å²) < 4.78 is 0. The van der Waals surface area contributed by atoms with E-state index in [0.29, 0.717) is 5.56 Å². The Balaban J connectivity index is 2.98. The molecule has 0 spiro atoms. The molecule has 0 aromatic heterocycles. The molecule has 0 saturated carbocycles. The first-order chi connectivity index (χ1) is 7.37. The van der Waals surface area contributed by atoms with E-state index < -0.39 is 5.54 Å². The number of rotatable bonds is 3. The summed E-state index contributed by atoms with van der Waals surface area (Å²) in [5, 5.41) is 11.9. The number of carbonyl (C=O) groups excluding carboxylic acids is 1. The largest absolute Gasteiger partial charge is 0.394 e. The summed E-state index contributed by atoms with van der Waals surface area (Å²) in [6, 6.07) is 5.75. The van der Waals surface area contributed by atoms with Crippen molar-refractivity contribution in [2.45, 2.75) is 33.2 Å². The third-order valence-electron chi connectivity index (χ3n) is 2.56. The van der Waals surface area contributed by atoms with Crippen molar-refractivity contribution in [1.29, 1.82) is 0 Å². The summed E-state index contributed by atoms with van der Waals surface area (Å²) in [4.78, 5) is 12.0. The number of hydrogen-bond donors (Lipinski definition) is 2. The van der Waals surface area contributed by atoms with Gasteiger partial charge in [0.15, 0.2) is 0 Å². The zero-order valence-corrected chi connectivity index (χ0v) is 10.3. The number of aliphatic hydroxyl groups is 1. The molecule has 1 amide bonds. The van der Waals surface area contributed by atoms with Crippen LogP contribution in [-0.4, -0.2) is 23.2 Å². The standard InChI is InChI=1S/C13H19NO2/c1-9-6-5-7-10(2)11(9)12(16)14-13(3,4)8-15/h5-7,15H,8H2,1-4H3,(H,14,16). The number of nitrogens with one attached hydrogen (secondary N) is 1. The van der Waals surface area contributed by atoms with E-state index in [9.17, 15) is 4.79 Å². The maximum absolute atomic E-state index is 12.0. The van der Waals surface area contributed by atoms with Crippen LogP contribution in [-0.2, 0) is 0 Å². The Morgan fingerprint density at radius 2 is 1.81 bits per heavy atom. The van der Waals surface area contributed by atoms with Crippen molar-refractivity contribution in [2.24, 2.45) is 0 Å². The highest BCUT2D eigenvalue weighted by Gasteiger charge is 2.21. The fourth-order valence-electron chi connectivity index (χ4n) is 1.58. The SMILES string of the molecule is Cc1cccc(C)c1C(=O)NC(C)(C)CO. The lowest BCUT2D eigenvalue weighted by atomic mass is 10.00. The van der Waals surface area contributed by atoms with Gasteiger partial charge in [-0.3, -0.25) is 4.79 Å². The molecule has 0 radical (unpaired) electrons. The van der Waals surface area contributed by atoms with Crippen molar-refractivity contribution in [3.8, 4) is 0 Å². The molecular weight excluding hydrogens is 202 g/mol. The summed E-state index contributed by atoms with van der Waals surface area (Å²) in [6.45, 7) is 7.32. The molecule has 0 saturated heterocycles. The molecule has 3 nitrogen and oxygen atoms in total. The van der Waals surface area contributed by atoms with E-state index in [1.807, 2.05) is 32.0 Å². The predicted octanol–water partition coefficient (Wildman–Crippen LogP) is 1.80. The van der Waals surface area contributed by atoms with Gasteiger partial charge in [-0.05, 0) is 38.8 Å². The second-order valence-corrected chi connectivity index (χ2v) is 4.76. The van der Waals surface area contributed by atoms with Crippen LogP contribution in [0.3, 0.4) is 0 Å². The Morgan fingerprint density at radius 1 is 1.31 bits per heavy atom. The summed E-state index contributed by atoms with van der Waals surface area (Å²) in [6.07, 6.45) is 0. The fraction of sp³-hybridized carbons (Fsp3) is 0.462. The van der Waals surface area contributed by atoms with Gasteiger partial charge in [-0.25, -0.2) is 0 Å². The molecular formula is C13H19NO2. The highest BCUT2D eigenvalue weighted by Crippen LogP contribution is 2.14. The molecule has 0 bridgehead atoms. The van der Waals surface area contributed by atoms with E-state index in [4.69, 9.17) is 5.11 Å². The van der Waals surface area contributed by atoms with Crippen molar-refractivity contribution in [1.82, 2.24) is 5.32 Å². The summed E-state index contributed by atoms with van der Waals surface area (Å²) >= 11 is 0. The van der Waals surface area contributed by atoms with Crippen LogP contribution in [0, 0.1) is 13.8 Å². The first-order valence-electron chi connectivity index (χ1n) is 5.37. The number of carbonyl (C=O) groups is 1. The van der Waals surface area contributed by atoms with Gasteiger partial charge >= 0.3 is 0 Å². The van der Waals surface area contributed by atoms with Gasteiger partial charge in [-0.15, -0.1) is 0 Å². The van der Waals surface area contributed by atoms with E-state index in [2.05, 4.69) is 5.32 Å². The predicted molar refractivity (Wildman–Crippen MR) is 64.5 cm³/mol. The quantitative estimate of drug-likeness (QED) is 0.817. The average Bonchev–Trinajstić information content (AvgIpc) is 2.16. The van der Waals surface area contributed by atoms with Crippen molar-refractivity contribution in [3.05, 3.63) is 34.9 Å². The molecule has 0 aliphatic heterocycles. The van der Waals surface area contributed by atoms with E-state index in [1.165, 1.54) is 0 Å². The Labute approximate surface area is 96.5 Å². The minimum atomic E-state index is -0.591. The van der Waals surface area contributed by atoms with Gasteiger partial charge in [-0.1, -0.05) is 18.2 Å². The maximum atomic E-state index is 12.0. The van der Waals surface area contributed by atoms with E-state index in [0.717, 1.165) is 11.1 Å². The van der Waals surface area contributed by atoms with Crippen LogP contribution in [0.4, 0.5) is 0 Å². The Kier molecular flexibility index (Phi) is 3.70. The van der Waals surface area contributed by atoms with Gasteiger partial charge in [0, 0.05) is 5.56 Å². The van der Waals surface area contributed by atoms with E-state index in [1.54, 1.807) is 13.8 Å². The van der Waals surface area contributed by atoms with Gasteiger partial charge in [0.05, 0.1) is 12.1 Å². The van der Waals surface area contributed by atoms with Crippen LogP contribution in [0.25, 0.3) is 0 Å². The minimum absolute atomic E-state index is 0.0797. The zero-order valence-electron chi connectivity index (χ0n) is 10.3. The van der Waals surface area contributed by atoms with Crippen molar-refractivity contribution >= 4 is 5.91 Å². The van der Waals surface area contributed by atoms with Crippen molar-refractivity contribution in [2.75, 3.05) is 6.61 Å². The van der Waals surface area contributed by atoms with Gasteiger partial charge in [0.2, 0.25) is 0 Å².